The third kappa shape index (κ3) is 5.72. The van der Waals surface area contributed by atoms with Gasteiger partial charge in [-0.25, -0.2) is 4.79 Å². The molecule has 1 amide bonds. The molecule has 0 heterocycles. The van der Waals surface area contributed by atoms with Gasteiger partial charge in [0, 0.05) is 6.54 Å². The lowest BCUT2D eigenvalue weighted by molar-refractivity contribution is -0.129. The van der Waals surface area contributed by atoms with Crippen LogP contribution in [0.15, 0.2) is 46.9 Å². The number of esters is 1. The van der Waals surface area contributed by atoms with Gasteiger partial charge in [-0.05, 0) is 47.0 Å². The molecule has 27 heavy (non-hydrogen) atoms. The van der Waals surface area contributed by atoms with E-state index in [0.29, 0.717) is 28.9 Å². The van der Waals surface area contributed by atoms with Gasteiger partial charge in [0.05, 0.1) is 19.8 Å². The van der Waals surface area contributed by atoms with Crippen molar-refractivity contribution < 1.29 is 23.8 Å². The number of methoxy groups -OCH3 is 2. The average Bonchev–Trinajstić information content (AvgIpc) is 2.68. The number of nitrogens with one attached hydrogen (secondary N) is 1. The van der Waals surface area contributed by atoms with E-state index >= 15 is 0 Å². The van der Waals surface area contributed by atoms with Crippen molar-refractivity contribution in [3.63, 3.8) is 0 Å². The topological polar surface area (TPSA) is 73.9 Å². The third-order valence-corrected chi connectivity index (χ3v) is 4.67. The largest absolute Gasteiger partial charge is 0.495 e. The lowest BCUT2D eigenvalue weighted by atomic mass is 10.1. The first-order valence-electron chi connectivity index (χ1n) is 8.40. The first-order valence-corrected chi connectivity index (χ1v) is 9.19. The molecule has 0 saturated carbocycles. The molecular formula is C20H22BrNO5. The fourth-order valence-electron chi connectivity index (χ4n) is 2.39. The summed E-state index contributed by atoms with van der Waals surface area (Å²) in [5, 5.41) is 2.77. The van der Waals surface area contributed by atoms with Crippen LogP contribution in [0.25, 0.3) is 0 Å². The maximum atomic E-state index is 12.4. The van der Waals surface area contributed by atoms with Gasteiger partial charge in [-0.1, -0.05) is 30.3 Å². The van der Waals surface area contributed by atoms with Crippen molar-refractivity contribution in [2.75, 3.05) is 20.8 Å². The Bertz CT molecular complexity index is 769. The van der Waals surface area contributed by atoms with E-state index in [4.69, 9.17) is 14.2 Å². The fourth-order valence-corrected chi connectivity index (χ4v) is 2.94. The molecule has 0 aromatic heterocycles. The van der Waals surface area contributed by atoms with Gasteiger partial charge < -0.3 is 19.5 Å². The van der Waals surface area contributed by atoms with Crippen molar-refractivity contribution in [2.24, 2.45) is 0 Å². The van der Waals surface area contributed by atoms with E-state index in [0.717, 1.165) is 5.56 Å². The zero-order valence-corrected chi connectivity index (χ0v) is 17.0. The number of hydrogen-bond acceptors (Lipinski definition) is 5. The maximum Gasteiger partial charge on any atom is 0.339 e. The van der Waals surface area contributed by atoms with Gasteiger partial charge in [0.2, 0.25) is 0 Å². The Morgan fingerprint density at radius 3 is 2.22 bits per heavy atom. The predicted octanol–water partition coefficient (Wildman–Crippen LogP) is 3.37. The number of carbonyl (C=O) groups is 2. The van der Waals surface area contributed by atoms with Crippen LogP contribution in [0.3, 0.4) is 0 Å². The summed E-state index contributed by atoms with van der Waals surface area (Å²) in [6.07, 6.45) is -0.220. The minimum Gasteiger partial charge on any atom is -0.495 e. The Labute approximate surface area is 166 Å². The van der Waals surface area contributed by atoms with Gasteiger partial charge in [-0.2, -0.15) is 0 Å². The summed E-state index contributed by atoms with van der Waals surface area (Å²) in [7, 11) is 2.97. The zero-order chi connectivity index (χ0) is 19.8. The summed E-state index contributed by atoms with van der Waals surface area (Å²) in [5.41, 5.74) is 1.35. The van der Waals surface area contributed by atoms with E-state index in [1.165, 1.54) is 33.3 Å². The Hall–Kier alpha value is -2.54. The Balaban J connectivity index is 1.93. The minimum absolute atomic E-state index is 0.232. The van der Waals surface area contributed by atoms with E-state index in [1.807, 2.05) is 30.3 Å². The van der Waals surface area contributed by atoms with Crippen LogP contribution in [0.1, 0.15) is 22.8 Å². The summed E-state index contributed by atoms with van der Waals surface area (Å²) >= 11 is 3.34. The highest BCUT2D eigenvalue weighted by atomic mass is 79.9. The SMILES string of the molecule is COc1cc(C(=O)OC(C)C(=O)NCCc2ccccc2)cc(OC)c1Br. The molecule has 0 aliphatic rings. The fraction of sp³-hybridized carbons (Fsp3) is 0.300. The minimum atomic E-state index is -0.922. The van der Waals surface area contributed by atoms with Gasteiger partial charge >= 0.3 is 5.97 Å². The molecule has 0 saturated heterocycles. The summed E-state index contributed by atoms with van der Waals surface area (Å²) in [6, 6.07) is 12.9. The molecule has 144 valence electrons. The van der Waals surface area contributed by atoms with E-state index in [-0.39, 0.29) is 11.5 Å². The molecule has 0 spiro atoms. The summed E-state index contributed by atoms with van der Waals surface area (Å²) in [5.74, 6) is -0.123. The third-order valence-electron chi connectivity index (χ3n) is 3.89. The molecule has 0 fully saturated rings. The summed E-state index contributed by atoms with van der Waals surface area (Å²) in [4.78, 5) is 24.5. The van der Waals surface area contributed by atoms with Crippen LogP contribution in [-0.2, 0) is 16.0 Å². The lowest BCUT2D eigenvalue weighted by Gasteiger charge is -2.15. The molecule has 2 aromatic carbocycles. The molecular weight excluding hydrogens is 414 g/mol. The second-order valence-corrected chi connectivity index (χ2v) is 6.56. The van der Waals surface area contributed by atoms with Crippen LogP contribution < -0.4 is 14.8 Å². The maximum absolute atomic E-state index is 12.4. The van der Waals surface area contributed by atoms with Crippen LogP contribution >= 0.6 is 15.9 Å². The molecule has 1 N–H and O–H groups in total. The van der Waals surface area contributed by atoms with Crippen molar-refractivity contribution in [1.82, 2.24) is 5.32 Å². The van der Waals surface area contributed by atoms with Crippen LogP contribution in [0.4, 0.5) is 0 Å². The van der Waals surface area contributed by atoms with Gasteiger partial charge in [-0.15, -0.1) is 0 Å². The average molecular weight is 436 g/mol. The van der Waals surface area contributed by atoms with Crippen LogP contribution in [0.5, 0.6) is 11.5 Å². The van der Waals surface area contributed by atoms with E-state index in [9.17, 15) is 9.59 Å². The lowest BCUT2D eigenvalue weighted by Crippen LogP contribution is -2.36. The standard InChI is InChI=1S/C20H22BrNO5/c1-13(19(23)22-10-9-14-7-5-4-6-8-14)27-20(24)15-11-16(25-2)18(21)17(12-15)26-3/h4-8,11-13H,9-10H2,1-3H3,(H,22,23). The molecule has 1 atom stereocenters. The van der Waals surface area contributed by atoms with Crippen molar-refractivity contribution >= 4 is 27.8 Å². The van der Waals surface area contributed by atoms with Gasteiger partial charge in [-0.3, -0.25) is 4.79 Å². The highest BCUT2D eigenvalue weighted by Crippen LogP contribution is 2.35. The van der Waals surface area contributed by atoms with E-state index in [1.54, 1.807) is 0 Å². The quantitative estimate of drug-likeness (QED) is 0.643. The highest BCUT2D eigenvalue weighted by Gasteiger charge is 2.21. The summed E-state index contributed by atoms with van der Waals surface area (Å²) in [6.45, 7) is 1.99. The first kappa shape index (κ1) is 20.8. The Morgan fingerprint density at radius 1 is 1.07 bits per heavy atom. The van der Waals surface area contributed by atoms with Crippen molar-refractivity contribution in [3.8, 4) is 11.5 Å². The number of rotatable bonds is 8. The van der Waals surface area contributed by atoms with E-state index < -0.39 is 12.1 Å². The van der Waals surface area contributed by atoms with Gasteiger partial charge in [0.25, 0.3) is 5.91 Å². The van der Waals surface area contributed by atoms with Crippen LogP contribution in [0, 0.1) is 0 Å². The number of halogens is 1. The monoisotopic (exact) mass is 435 g/mol. The van der Waals surface area contributed by atoms with Gasteiger partial charge in [0.15, 0.2) is 6.10 Å². The summed E-state index contributed by atoms with van der Waals surface area (Å²) < 4.78 is 16.3. The number of hydrogen-bond donors (Lipinski definition) is 1. The molecule has 2 rings (SSSR count). The molecule has 0 radical (unpaired) electrons. The molecule has 7 heteroatoms. The predicted molar refractivity (Wildman–Crippen MR) is 105 cm³/mol. The zero-order valence-electron chi connectivity index (χ0n) is 15.5. The number of ether oxygens (including phenoxy) is 3. The molecule has 6 nitrogen and oxygen atoms in total. The normalized spacial score (nSPS) is 11.4. The second kappa shape index (κ2) is 9.97. The van der Waals surface area contributed by atoms with Crippen molar-refractivity contribution in [2.45, 2.75) is 19.4 Å². The molecule has 0 bridgehead atoms. The number of amides is 1. The van der Waals surface area contributed by atoms with Crippen LogP contribution in [0.2, 0.25) is 0 Å². The van der Waals surface area contributed by atoms with E-state index in [2.05, 4.69) is 21.2 Å². The first-order chi connectivity index (χ1) is 13.0. The Morgan fingerprint density at radius 2 is 1.67 bits per heavy atom. The highest BCUT2D eigenvalue weighted by molar-refractivity contribution is 9.10. The molecule has 0 aliphatic carbocycles. The van der Waals surface area contributed by atoms with Crippen LogP contribution in [-0.4, -0.2) is 38.7 Å². The van der Waals surface area contributed by atoms with Crippen molar-refractivity contribution in [1.29, 1.82) is 0 Å². The number of benzene rings is 2. The number of carbonyl (C=O) groups excluding carboxylic acids is 2. The molecule has 0 aliphatic heterocycles. The molecule has 1 unspecified atom stereocenters. The Kier molecular flexibility index (Phi) is 7.67. The van der Waals surface area contributed by atoms with Crippen molar-refractivity contribution in [3.05, 3.63) is 58.1 Å². The van der Waals surface area contributed by atoms with Gasteiger partial charge in [0.1, 0.15) is 16.0 Å². The second-order valence-electron chi connectivity index (χ2n) is 5.77. The smallest absolute Gasteiger partial charge is 0.339 e. The molecule has 2 aromatic rings.